The molecule has 1 amide bonds. The highest BCUT2D eigenvalue weighted by atomic mass is 16.2. The summed E-state index contributed by atoms with van der Waals surface area (Å²) in [6.45, 7) is 4.73. The Balaban J connectivity index is 1.66. The maximum atomic E-state index is 13.2. The van der Waals surface area contributed by atoms with Crippen LogP contribution in [0.25, 0.3) is 10.9 Å². The monoisotopic (exact) mass is 392 g/mol. The van der Waals surface area contributed by atoms with Gasteiger partial charge in [0.25, 0.3) is 17.0 Å². The topological polar surface area (TPSA) is 88.1 Å². The number of likely N-dealkylation sites (tertiary alicyclic amines) is 1. The lowest BCUT2D eigenvalue weighted by Crippen LogP contribution is -2.42. The number of aromatic amines is 1. The van der Waals surface area contributed by atoms with Gasteiger partial charge in [-0.15, -0.1) is 0 Å². The molecule has 1 aliphatic rings. The SMILES string of the molecule is Cc1cc(C)n(C)c(=O)c1C(=O)N1CCCC(c2cc3cccnc3c(=O)[nH]2)C1. The molecule has 0 saturated carbocycles. The fraction of sp³-hybridized carbons (Fsp3) is 0.364. The lowest BCUT2D eigenvalue weighted by molar-refractivity contribution is 0.0702. The van der Waals surface area contributed by atoms with Crippen LogP contribution in [-0.4, -0.2) is 38.4 Å². The van der Waals surface area contributed by atoms with Crippen LogP contribution in [0.4, 0.5) is 0 Å². The van der Waals surface area contributed by atoms with Gasteiger partial charge in [-0.2, -0.15) is 0 Å². The largest absolute Gasteiger partial charge is 0.338 e. The summed E-state index contributed by atoms with van der Waals surface area (Å²) in [5.41, 5.74) is 2.49. The van der Waals surface area contributed by atoms with E-state index in [2.05, 4.69) is 9.97 Å². The van der Waals surface area contributed by atoms with E-state index < -0.39 is 0 Å². The number of hydrogen-bond acceptors (Lipinski definition) is 4. The Morgan fingerprint density at radius 3 is 2.83 bits per heavy atom. The minimum absolute atomic E-state index is 0.0135. The predicted octanol–water partition coefficient (Wildman–Crippen LogP) is 2.26. The van der Waals surface area contributed by atoms with Crippen molar-refractivity contribution in [2.45, 2.75) is 32.6 Å². The van der Waals surface area contributed by atoms with Gasteiger partial charge in [0.1, 0.15) is 11.1 Å². The fourth-order valence-corrected chi connectivity index (χ4v) is 4.15. The lowest BCUT2D eigenvalue weighted by Gasteiger charge is -2.33. The number of H-pyrrole nitrogens is 1. The van der Waals surface area contributed by atoms with E-state index in [0.29, 0.717) is 24.2 Å². The van der Waals surface area contributed by atoms with E-state index in [-0.39, 0.29) is 28.5 Å². The van der Waals surface area contributed by atoms with Crippen LogP contribution in [0.3, 0.4) is 0 Å². The zero-order chi connectivity index (χ0) is 20.7. The summed E-state index contributed by atoms with van der Waals surface area (Å²) in [5, 5.41) is 0.790. The van der Waals surface area contributed by atoms with Gasteiger partial charge in [0.2, 0.25) is 0 Å². The first-order valence-corrected chi connectivity index (χ1v) is 9.81. The van der Waals surface area contributed by atoms with Gasteiger partial charge in [0.15, 0.2) is 0 Å². The van der Waals surface area contributed by atoms with E-state index in [1.165, 1.54) is 4.57 Å². The summed E-state index contributed by atoms with van der Waals surface area (Å²) in [6.07, 6.45) is 3.29. The van der Waals surface area contributed by atoms with Gasteiger partial charge in [0.05, 0.1) is 0 Å². The Bertz CT molecular complexity index is 1220. The van der Waals surface area contributed by atoms with Crippen molar-refractivity contribution in [1.82, 2.24) is 19.4 Å². The highest BCUT2D eigenvalue weighted by Gasteiger charge is 2.29. The molecule has 1 unspecified atom stereocenters. The Labute approximate surface area is 168 Å². The van der Waals surface area contributed by atoms with Crippen LogP contribution >= 0.6 is 0 Å². The third-order valence-electron chi connectivity index (χ3n) is 5.85. The summed E-state index contributed by atoms with van der Waals surface area (Å²) in [6, 6.07) is 7.48. The predicted molar refractivity (Wildman–Crippen MR) is 111 cm³/mol. The number of nitrogens with one attached hydrogen (secondary N) is 1. The van der Waals surface area contributed by atoms with Crippen LogP contribution < -0.4 is 11.1 Å². The first-order valence-electron chi connectivity index (χ1n) is 9.81. The Morgan fingerprint density at radius 2 is 2.03 bits per heavy atom. The Morgan fingerprint density at radius 1 is 1.24 bits per heavy atom. The van der Waals surface area contributed by atoms with E-state index in [1.54, 1.807) is 31.1 Å². The van der Waals surface area contributed by atoms with Crippen molar-refractivity contribution in [2.24, 2.45) is 7.05 Å². The van der Waals surface area contributed by atoms with Crippen LogP contribution in [0.5, 0.6) is 0 Å². The zero-order valence-electron chi connectivity index (χ0n) is 16.9. The summed E-state index contributed by atoms with van der Waals surface area (Å²) >= 11 is 0. The molecular formula is C22H24N4O3. The smallest absolute Gasteiger partial charge is 0.274 e. The summed E-state index contributed by atoms with van der Waals surface area (Å²) < 4.78 is 1.51. The van der Waals surface area contributed by atoms with Gasteiger partial charge in [-0.25, -0.2) is 0 Å². The number of pyridine rings is 3. The minimum Gasteiger partial charge on any atom is -0.338 e. The van der Waals surface area contributed by atoms with Gasteiger partial charge in [-0.1, -0.05) is 6.07 Å². The van der Waals surface area contributed by atoms with Gasteiger partial charge < -0.3 is 14.5 Å². The van der Waals surface area contributed by atoms with Crippen molar-refractivity contribution in [2.75, 3.05) is 13.1 Å². The van der Waals surface area contributed by atoms with E-state index in [9.17, 15) is 14.4 Å². The number of rotatable bonds is 2. The van der Waals surface area contributed by atoms with Crippen molar-refractivity contribution in [3.8, 4) is 0 Å². The van der Waals surface area contributed by atoms with Crippen molar-refractivity contribution in [1.29, 1.82) is 0 Å². The van der Waals surface area contributed by atoms with Crippen LogP contribution in [0.15, 0.2) is 40.1 Å². The number of aryl methyl sites for hydroxylation is 2. The fourth-order valence-electron chi connectivity index (χ4n) is 4.15. The number of hydrogen-bond donors (Lipinski definition) is 1. The summed E-state index contributed by atoms with van der Waals surface area (Å²) in [4.78, 5) is 47.1. The number of nitrogens with zero attached hydrogens (tertiary/aromatic N) is 3. The van der Waals surface area contributed by atoms with Crippen LogP contribution in [0.1, 0.15) is 46.1 Å². The molecule has 1 fully saturated rings. The van der Waals surface area contributed by atoms with Crippen molar-refractivity contribution < 1.29 is 4.79 Å². The molecule has 0 aromatic carbocycles. The highest BCUT2D eigenvalue weighted by Crippen LogP contribution is 2.27. The van der Waals surface area contributed by atoms with Crippen molar-refractivity contribution >= 4 is 16.8 Å². The average molecular weight is 392 g/mol. The molecule has 4 heterocycles. The molecule has 1 N–H and O–H groups in total. The second-order valence-electron chi connectivity index (χ2n) is 7.79. The van der Waals surface area contributed by atoms with Gasteiger partial charge in [0, 0.05) is 49.0 Å². The molecule has 0 radical (unpaired) electrons. The van der Waals surface area contributed by atoms with Crippen LogP contribution in [0.2, 0.25) is 0 Å². The Kier molecular flexibility index (Phi) is 4.82. The van der Waals surface area contributed by atoms with Crippen molar-refractivity contribution in [3.05, 3.63) is 73.7 Å². The molecule has 150 valence electrons. The lowest BCUT2D eigenvalue weighted by atomic mass is 9.93. The van der Waals surface area contributed by atoms with Crippen LogP contribution in [0, 0.1) is 13.8 Å². The molecule has 1 aliphatic heterocycles. The number of aromatic nitrogens is 3. The first-order chi connectivity index (χ1) is 13.9. The quantitative estimate of drug-likeness (QED) is 0.725. The van der Waals surface area contributed by atoms with Gasteiger partial charge in [-0.3, -0.25) is 19.4 Å². The number of amides is 1. The average Bonchev–Trinajstić information content (AvgIpc) is 2.72. The number of carbonyl (C=O) groups excluding carboxylic acids is 1. The van der Waals surface area contributed by atoms with E-state index in [0.717, 1.165) is 29.6 Å². The normalized spacial score (nSPS) is 16.9. The highest BCUT2D eigenvalue weighted by molar-refractivity contribution is 5.95. The molecular weight excluding hydrogens is 368 g/mol. The molecule has 3 aromatic heterocycles. The number of piperidine rings is 1. The third-order valence-corrected chi connectivity index (χ3v) is 5.85. The maximum Gasteiger partial charge on any atom is 0.274 e. The second kappa shape index (κ2) is 7.31. The molecule has 0 aliphatic carbocycles. The summed E-state index contributed by atoms with van der Waals surface area (Å²) in [7, 11) is 1.68. The number of carbonyl (C=O) groups is 1. The van der Waals surface area contributed by atoms with Gasteiger partial charge >= 0.3 is 0 Å². The minimum atomic E-state index is -0.264. The molecule has 1 saturated heterocycles. The number of fused-ring (bicyclic) bond motifs is 1. The van der Waals surface area contributed by atoms with Crippen LogP contribution in [-0.2, 0) is 7.05 Å². The van der Waals surface area contributed by atoms with Crippen molar-refractivity contribution in [3.63, 3.8) is 0 Å². The second-order valence-corrected chi connectivity index (χ2v) is 7.79. The molecule has 3 aromatic rings. The first kappa shape index (κ1) is 19.1. The van der Waals surface area contributed by atoms with Gasteiger partial charge in [-0.05, 0) is 50.5 Å². The zero-order valence-corrected chi connectivity index (χ0v) is 16.9. The summed E-state index contributed by atoms with van der Waals surface area (Å²) in [5.74, 6) is -0.225. The molecule has 0 spiro atoms. The molecule has 4 rings (SSSR count). The van der Waals surface area contributed by atoms with E-state index in [4.69, 9.17) is 0 Å². The molecule has 1 atom stereocenters. The van der Waals surface area contributed by atoms with E-state index >= 15 is 0 Å². The maximum absolute atomic E-state index is 13.2. The van der Waals surface area contributed by atoms with E-state index in [1.807, 2.05) is 25.1 Å². The molecule has 7 heteroatoms. The Hall–Kier alpha value is -3.22. The molecule has 7 nitrogen and oxygen atoms in total. The molecule has 0 bridgehead atoms. The molecule has 29 heavy (non-hydrogen) atoms. The standard InChI is InChI=1S/C22H24N4O3/c1-13-10-14(2)25(3)21(28)18(13)22(29)26-9-5-7-16(12-26)17-11-15-6-4-8-23-19(15)20(27)24-17/h4,6,8,10-11,16H,5,7,9,12H2,1-3H3,(H,24,27). The third kappa shape index (κ3) is 3.37.